The Kier molecular flexibility index (Phi) is 7.26. The zero-order chi connectivity index (χ0) is 10.0. The van der Waals surface area contributed by atoms with Gasteiger partial charge in [0.05, 0.1) is 13.0 Å². The number of piperidine rings is 1. The molecule has 1 atom stereocenters. The maximum absolute atomic E-state index is 11.7. The molecule has 2 heterocycles. The van der Waals surface area contributed by atoms with Gasteiger partial charge in [-0.05, 0) is 13.3 Å². The summed E-state index contributed by atoms with van der Waals surface area (Å²) in [4.78, 5) is 13.6. The Morgan fingerprint density at radius 1 is 1.56 bits per heavy atom. The topological polar surface area (TPSA) is 43.6 Å². The summed E-state index contributed by atoms with van der Waals surface area (Å²) in [6.07, 6.45) is 2.50. The maximum atomic E-state index is 11.7. The molecule has 2 aliphatic rings. The molecule has 0 aromatic rings. The van der Waals surface area contributed by atoms with Crippen molar-refractivity contribution in [2.24, 2.45) is 0 Å². The normalized spacial score (nSPS) is 29.6. The molecule has 0 N–H and O–H groups in total. The summed E-state index contributed by atoms with van der Waals surface area (Å²) in [5.41, 5.74) is -0.387. The Morgan fingerprint density at radius 3 is 2.88 bits per heavy atom. The molecule has 2 fully saturated rings. The van der Waals surface area contributed by atoms with Crippen molar-refractivity contribution < 1.29 is 42.2 Å². The van der Waals surface area contributed by atoms with Crippen molar-refractivity contribution in [3.8, 4) is 0 Å². The first kappa shape index (κ1) is 16.5. The van der Waals surface area contributed by atoms with E-state index in [2.05, 4.69) is 5.32 Å². The Hall–Kier alpha value is 0.494. The number of ether oxygens (including phenoxy) is 1. The van der Waals surface area contributed by atoms with Crippen molar-refractivity contribution in [2.45, 2.75) is 31.9 Å². The van der Waals surface area contributed by atoms with Crippen LogP contribution in [0.4, 0.5) is 0 Å². The van der Waals surface area contributed by atoms with Crippen LogP contribution in [0.5, 0.6) is 0 Å². The number of hydrogen-bond donors (Lipinski definition) is 0. The molecule has 91 valence electrons. The third-order valence-electron chi connectivity index (χ3n) is 3.04. The first-order valence-corrected chi connectivity index (χ1v) is 5.36. The fourth-order valence-corrected chi connectivity index (χ4v) is 2.37. The van der Waals surface area contributed by atoms with Crippen LogP contribution < -0.4 is 0 Å². The maximum Gasteiger partial charge on any atom is 0.227 e. The van der Waals surface area contributed by atoms with Gasteiger partial charge in [0, 0.05) is 39.3 Å². The molecule has 2 saturated heterocycles. The smallest absolute Gasteiger partial charge is 0.227 e. The first-order valence-electron chi connectivity index (χ1n) is 5.36. The van der Waals surface area contributed by atoms with Crippen LogP contribution >= 0.6 is 0 Å². The van der Waals surface area contributed by atoms with Crippen LogP contribution in [-0.4, -0.2) is 42.8 Å². The van der Waals surface area contributed by atoms with E-state index in [1.807, 2.05) is 11.8 Å². The van der Waals surface area contributed by atoms with Crippen LogP contribution in [0.1, 0.15) is 26.2 Å². The first-order chi connectivity index (χ1) is 6.78. The Morgan fingerprint density at radius 2 is 2.31 bits per heavy atom. The van der Waals surface area contributed by atoms with Gasteiger partial charge in [-0.15, -0.1) is 6.54 Å². The summed E-state index contributed by atoms with van der Waals surface area (Å²) in [6, 6.07) is 0. The SMILES string of the molecule is CCN1C(=O)CCOC12CCC[N-]C2.[CH3-].[Y]. The molecule has 2 aliphatic heterocycles. The molecule has 0 aromatic carbocycles. The molecule has 2 rings (SSSR count). The fraction of sp³-hybridized carbons (Fsp3) is 0.818. The van der Waals surface area contributed by atoms with Gasteiger partial charge >= 0.3 is 0 Å². The minimum Gasteiger partial charge on any atom is -0.658 e. The number of likely N-dealkylation sites (N-methyl/N-ethyl adjacent to an activating group) is 1. The molecule has 1 spiro atoms. The third-order valence-corrected chi connectivity index (χ3v) is 3.04. The van der Waals surface area contributed by atoms with Crippen molar-refractivity contribution in [3.63, 3.8) is 0 Å². The van der Waals surface area contributed by atoms with E-state index in [-0.39, 0.29) is 51.8 Å². The standard InChI is InChI=1S/C10H17N2O2.CH3.Y/c1-2-12-9(13)4-7-14-10(12)5-3-6-11-8-10;;/h2-8H2,1H3;1H3;/q2*-1;. The summed E-state index contributed by atoms with van der Waals surface area (Å²) in [5, 5.41) is 4.37. The van der Waals surface area contributed by atoms with E-state index in [0.717, 1.165) is 25.9 Å². The predicted molar refractivity (Wildman–Crippen MR) is 59.4 cm³/mol. The monoisotopic (exact) mass is 301 g/mol. The van der Waals surface area contributed by atoms with E-state index < -0.39 is 0 Å². The van der Waals surface area contributed by atoms with Crippen LogP contribution in [0.15, 0.2) is 0 Å². The molecule has 1 radical (unpaired) electrons. The van der Waals surface area contributed by atoms with Crippen LogP contribution in [0, 0.1) is 7.43 Å². The van der Waals surface area contributed by atoms with Gasteiger partial charge in [0.25, 0.3) is 0 Å². The van der Waals surface area contributed by atoms with E-state index in [4.69, 9.17) is 4.74 Å². The van der Waals surface area contributed by atoms with Crippen molar-refractivity contribution in [3.05, 3.63) is 12.7 Å². The van der Waals surface area contributed by atoms with Crippen molar-refractivity contribution >= 4 is 5.91 Å². The third kappa shape index (κ3) is 3.03. The molecular weight excluding hydrogens is 281 g/mol. The number of rotatable bonds is 1. The van der Waals surface area contributed by atoms with Crippen LogP contribution in [-0.2, 0) is 42.2 Å². The number of nitrogens with zero attached hydrogens (tertiary/aromatic N) is 2. The molecule has 0 aromatic heterocycles. The van der Waals surface area contributed by atoms with Gasteiger partial charge in [-0.2, -0.15) is 0 Å². The Balaban J connectivity index is 0.00000112. The summed E-state index contributed by atoms with van der Waals surface area (Å²) in [7, 11) is 0. The molecule has 0 aliphatic carbocycles. The quantitative estimate of drug-likeness (QED) is 0.690. The van der Waals surface area contributed by atoms with Crippen LogP contribution in [0.2, 0.25) is 0 Å². The average Bonchev–Trinajstić information content (AvgIpc) is 2.19. The van der Waals surface area contributed by atoms with E-state index in [1.165, 1.54) is 0 Å². The minimum atomic E-state index is -0.387. The fourth-order valence-electron chi connectivity index (χ4n) is 2.37. The molecule has 1 unspecified atom stereocenters. The predicted octanol–water partition coefficient (Wildman–Crippen LogP) is 1.57. The summed E-state index contributed by atoms with van der Waals surface area (Å²) in [6.45, 7) is 4.87. The zero-order valence-corrected chi connectivity index (χ0v) is 13.1. The number of carbonyl (C=O) groups excluding carboxylic acids is 1. The minimum absolute atomic E-state index is 0. The Bertz CT molecular complexity index is 225. The van der Waals surface area contributed by atoms with Gasteiger partial charge in [0.15, 0.2) is 0 Å². The molecule has 1 amide bonds. The largest absolute Gasteiger partial charge is 0.658 e. The molecule has 5 heteroatoms. The van der Waals surface area contributed by atoms with Gasteiger partial charge in [0.2, 0.25) is 5.91 Å². The van der Waals surface area contributed by atoms with Crippen LogP contribution in [0.3, 0.4) is 0 Å². The number of hydrogen-bond acceptors (Lipinski definition) is 2. The average molecular weight is 301 g/mol. The van der Waals surface area contributed by atoms with E-state index in [9.17, 15) is 4.79 Å². The van der Waals surface area contributed by atoms with Crippen molar-refractivity contribution in [1.82, 2.24) is 4.90 Å². The molecular formula is C11H20N2O2Y-2. The zero-order valence-electron chi connectivity index (χ0n) is 10.2. The molecule has 0 saturated carbocycles. The van der Waals surface area contributed by atoms with E-state index in [1.54, 1.807) is 0 Å². The molecule has 16 heavy (non-hydrogen) atoms. The van der Waals surface area contributed by atoms with Crippen molar-refractivity contribution in [2.75, 3.05) is 26.2 Å². The van der Waals surface area contributed by atoms with E-state index in [0.29, 0.717) is 19.6 Å². The second kappa shape index (κ2) is 7.05. The number of carbonyl (C=O) groups is 1. The van der Waals surface area contributed by atoms with Gasteiger partial charge in [0.1, 0.15) is 5.72 Å². The Labute approximate surface area is 123 Å². The van der Waals surface area contributed by atoms with E-state index >= 15 is 0 Å². The second-order valence-electron chi connectivity index (χ2n) is 3.89. The summed E-state index contributed by atoms with van der Waals surface area (Å²) < 4.78 is 5.79. The van der Waals surface area contributed by atoms with Gasteiger partial charge < -0.3 is 22.4 Å². The molecule has 4 nitrogen and oxygen atoms in total. The van der Waals surface area contributed by atoms with Gasteiger partial charge in [-0.1, -0.05) is 13.0 Å². The number of amides is 1. The summed E-state index contributed by atoms with van der Waals surface area (Å²) >= 11 is 0. The van der Waals surface area contributed by atoms with Gasteiger partial charge in [-0.3, -0.25) is 4.79 Å². The van der Waals surface area contributed by atoms with Gasteiger partial charge in [-0.25, -0.2) is 0 Å². The van der Waals surface area contributed by atoms with Crippen LogP contribution in [0.25, 0.3) is 5.32 Å². The summed E-state index contributed by atoms with van der Waals surface area (Å²) in [5.74, 6) is 0.218. The molecule has 0 bridgehead atoms. The van der Waals surface area contributed by atoms with Crippen molar-refractivity contribution in [1.29, 1.82) is 0 Å². The second-order valence-corrected chi connectivity index (χ2v) is 3.89.